The van der Waals surface area contributed by atoms with Gasteiger partial charge in [0.1, 0.15) is 0 Å². The zero-order chi connectivity index (χ0) is 15.0. The van der Waals surface area contributed by atoms with E-state index in [4.69, 9.17) is 0 Å². The van der Waals surface area contributed by atoms with Crippen molar-refractivity contribution in [3.8, 4) is 0 Å². The Morgan fingerprint density at radius 1 is 0.650 bits per heavy atom. The van der Waals surface area contributed by atoms with Gasteiger partial charge in [-0.25, -0.2) is 0 Å². The second-order valence-corrected chi connectivity index (χ2v) is 7.18. The van der Waals surface area contributed by atoms with E-state index in [-0.39, 0.29) is 10.8 Å². The zero-order valence-corrected chi connectivity index (χ0v) is 13.9. The second-order valence-electron chi connectivity index (χ2n) is 7.18. The average Bonchev–Trinajstić information content (AvgIpc) is 2.45. The van der Waals surface area contributed by atoms with E-state index in [0.29, 0.717) is 0 Å². The van der Waals surface area contributed by atoms with Crippen molar-refractivity contribution in [3.05, 3.63) is 47.5 Å². The smallest absolute Gasteiger partial charge is 0.0100 e. The minimum Gasteiger partial charge on any atom is -0.0646 e. The molecule has 0 heterocycles. The highest BCUT2D eigenvalue weighted by Crippen LogP contribution is 2.38. The Balaban J connectivity index is 2.77. The summed E-state index contributed by atoms with van der Waals surface area (Å²) in [5, 5.41) is 2.86. The maximum absolute atomic E-state index is 2.35. The molecule has 0 aliphatic carbocycles. The van der Waals surface area contributed by atoms with E-state index < -0.39 is 0 Å². The number of benzene rings is 2. The summed E-state index contributed by atoms with van der Waals surface area (Å²) >= 11 is 0. The molecule has 0 spiro atoms. The SMILES string of the molecule is CCC(C)(C)c1cccc2c(C(C)(C)CC)cccc12. The van der Waals surface area contributed by atoms with Crippen LogP contribution in [0.4, 0.5) is 0 Å². The van der Waals surface area contributed by atoms with Gasteiger partial charge in [0.05, 0.1) is 0 Å². The Labute approximate surface area is 124 Å². The molecular formula is C20H28. The van der Waals surface area contributed by atoms with Gasteiger partial charge in [-0.15, -0.1) is 0 Å². The third-order valence-electron chi connectivity index (χ3n) is 5.15. The molecule has 0 saturated heterocycles. The molecule has 0 atom stereocenters. The van der Waals surface area contributed by atoms with Crippen LogP contribution in [-0.2, 0) is 10.8 Å². The van der Waals surface area contributed by atoms with Gasteiger partial charge in [0.2, 0.25) is 0 Å². The van der Waals surface area contributed by atoms with E-state index in [1.807, 2.05) is 0 Å². The van der Waals surface area contributed by atoms with Crippen LogP contribution < -0.4 is 0 Å². The molecule has 0 aromatic heterocycles. The minimum atomic E-state index is 0.231. The first kappa shape index (κ1) is 15.1. The topological polar surface area (TPSA) is 0 Å². The van der Waals surface area contributed by atoms with Crippen LogP contribution in [0, 0.1) is 0 Å². The molecule has 0 saturated carbocycles. The summed E-state index contributed by atoms with van der Waals surface area (Å²) in [6.07, 6.45) is 2.32. The van der Waals surface area contributed by atoms with Crippen molar-refractivity contribution in [2.24, 2.45) is 0 Å². The Morgan fingerprint density at radius 2 is 1.00 bits per heavy atom. The quantitative estimate of drug-likeness (QED) is 0.618. The highest BCUT2D eigenvalue weighted by atomic mass is 14.3. The largest absolute Gasteiger partial charge is 0.0646 e. The molecule has 0 aliphatic heterocycles. The first-order valence-electron chi connectivity index (χ1n) is 7.86. The van der Waals surface area contributed by atoms with Crippen molar-refractivity contribution >= 4 is 10.8 Å². The van der Waals surface area contributed by atoms with E-state index >= 15 is 0 Å². The third kappa shape index (κ3) is 2.49. The molecule has 0 radical (unpaired) electrons. The lowest BCUT2D eigenvalue weighted by Crippen LogP contribution is -2.18. The van der Waals surface area contributed by atoms with E-state index in [2.05, 4.69) is 77.9 Å². The van der Waals surface area contributed by atoms with Gasteiger partial charge in [0.25, 0.3) is 0 Å². The van der Waals surface area contributed by atoms with Gasteiger partial charge in [-0.1, -0.05) is 77.9 Å². The van der Waals surface area contributed by atoms with E-state index in [9.17, 15) is 0 Å². The van der Waals surface area contributed by atoms with Crippen molar-refractivity contribution < 1.29 is 0 Å². The molecule has 2 aromatic carbocycles. The first-order chi connectivity index (χ1) is 9.33. The van der Waals surface area contributed by atoms with Crippen LogP contribution in [0.25, 0.3) is 10.8 Å². The molecule has 2 aromatic rings. The van der Waals surface area contributed by atoms with Crippen LogP contribution in [0.15, 0.2) is 36.4 Å². The van der Waals surface area contributed by atoms with Gasteiger partial charge in [-0.3, -0.25) is 0 Å². The van der Waals surface area contributed by atoms with Gasteiger partial charge in [0.15, 0.2) is 0 Å². The molecule has 0 heteroatoms. The molecule has 108 valence electrons. The number of rotatable bonds is 4. The maximum Gasteiger partial charge on any atom is -0.0100 e. The highest BCUT2D eigenvalue weighted by molar-refractivity contribution is 5.90. The summed E-state index contributed by atoms with van der Waals surface area (Å²) in [7, 11) is 0. The molecular weight excluding hydrogens is 240 g/mol. The number of fused-ring (bicyclic) bond motifs is 1. The highest BCUT2D eigenvalue weighted by Gasteiger charge is 2.24. The average molecular weight is 268 g/mol. The van der Waals surface area contributed by atoms with Gasteiger partial charge in [-0.2, -0.15) is 0 Å². The van der Waals surface area contributed by atoms with Crippen molar-refractivity contribution in [1.29, 1.82) is 0 Å². The summed E-state index contributed by atoms with van der Waals surface area (Å²) < 4.78 is 0. The molecule has 0 N–H and O–H groups in total. The first-order valence-corrected chi connectivity index (χ1v) is 7.86. The molecule has 0 bridgehead atoms. The summed E-state index contributed by atoms with van der Waals surface area (Å²) in [4.78, 5) is 0. The summed E-state index contributed by atoms with van der Waals surface area (Å²) in [6, 6.07) is 13.6. The predicted octanol–water partition coefficient (Wildman–Crippen LogP) is 6.22. The van der Waals surface area contributed by atoms with Crippen molar-refractivity contribution in [1.82, 2.24) is 0 Å². The van der Waals surface area contributed by atoms with Gasteiger partial charge in [-0.05, 0) is 45.6 Å². The molecule has 0 fully saturated rings. The van der Waals surface area contributed by atoms with Crippen LogP contribution in [0.3, 0.4) is 0 Å². The number of hydrogen-bond acceptors (Lipinski definition) is 0. The maximum atomic E-state index is 2.35. The van der Waals surface area contributed by atoms with Crippen LogP contribution in [-0.4, -0.2) is 0 Å². The Kier molecular flexibility index (Phi) is 3.95. The predicted molar refractivity (Wildman–Crippen MR) is 90.6 cm³/mol. The normalized spacial score (nSPS) is 12.9. The van der Waals surface area contributed by atoms with Gasteiger partial charge < -0.3 is 0 Å². The third-order valence-corrected chi connectivity index (χ3v) is 5.15. The Bertz CT molecular complexity index is 547. The minimum absolute atomic E-state index is 0.231. The monoisotopic (exact) mass is 268 g/mol. The van der Waals surface area contributed by atoms with E-state index in [1.165, 1.54) is 21.9 Å². The van der Waals surface area contributed by atoms with Crippen LogP contribution in [0.2, 0.25) is 0 Å². The van der Waals surface area contributed by atoms with Crippen molar-refractivity contribution in [2.75, 3.05) is 0 Å². The lowest BCUT2D eigenvalue weighted by molar-refractivity contribution is 0.507. The fraction of sp³-hybridized carbons (Fsp3) is 0.500. The lowest BCUT2D eigenvalue weighted by atomic mass is 9.76. The molecule has 0 unspecified atom stereocenters. The zero-order valence-electron chi connectivity index (χ0n) is 13.9. The molecule has 0 aliphatic rings. The lowest BCUT2D eigenvalue weighted by Gasteiger charge is -2.29. The fourth-order valence-electron chi connectivity index (χ4n) is 2.87. The summed E-state index contributed by atoms with van der Waals surface area (Å²) in [5.41, 5.74) is 3.42. The molecule has 0 nitrogen and oxygen atoms in total. The molecule has 20 heavy (non-hydrogen) atoms. The van der Waals surface area contributed by atoms with Crippen LogP contribution >= 0.6 is 0 Å². The fourth-order valence-corrected chi connectivity index (χ4v) is 2.87. The van der Waals surface area contributed by atoms with Gasteiger partial charge >= 0.3 is 0 Å². The van der Waals surface area contributed by atoms with Crippen LogP contribution in [0.1, 0.15) is 65.5 Å². The second kappa shape index (κ2) is 5.24. The summed E-state index contributed by atoms with van der Waals surface area (Å²) in [6.45, 7) is 13.9. The van der Waals surface area contributed by atoms with E-state index in [1.54, 1.807) is 0 Å². The number of hydrogen-bond donors (Lipinski definition) is 0. The van der Waals surface area contributed by atoms with E-state index in [0.717, 1.165) is 12.8 Å². The van der Waals surface area contributed by atoms with Crippen LogP contribution in [0.5, 0.6) is 0 Å². The van der Waals surface area contributed by atoms with Gasteiger partial charge in [0, 0.05) is 0 Å². The Hall–Kier alpha value is -1.30. The molecule has 2 rings (SSSR count). The van der Waals surface area contributed by atoms with Crippen molar-refractivity contribution in [3.63, 3.8) is 0 Å². The van der Waals surface area contributed by atoms with Crippen molar-refractivity contribution in [2.45, 2.75) is 65.2 Å². The Morgan fingerprint density at radius 3 is 1.30 bits per heavy atom. The standard InChI is InChI=1S/C20H28/c1-7-19(3,4)17-13-9-12-16-15(17)11-10-14-18(16)20(5,6)8-2/h9-14H,7-8H2,1-6H3. The molecule has 0 amide bonds. The summed E-state index contributed by atoms with van der Waals surface area (Å²) in [5.74, 6) is 0.